The van der Waals surface area contributed by atoms with Crippen molar-refractivity contribution in [1.82, 2.24) is 5.32 Å². The molecule has 2 aliphatic heterocycles. The van der Waals surface area contributed by atoms with Crippen LogP contribution in [0.3, 0.4) is 0 Å². The summed E-state index contributed by atoms with van der Waals surface area (Å²) in [6, 6.07) is 13.2. The molecule has 1 amide bonds. The zero-order valence-corrected chi connectivity index (χ0v) is 15.8. The molecule has 0 fully saturated rings. The van der Waals surface area contributed by atoms with Crippen LogP contribution in [-0.2, 0) is 20.9 Å². The fourth-order valence-corrected chi connectivity index (χ4v) is 3.67. The van der Waals surface area contributed by atoms with Crippen molar-refractivity contribution in [3.8, 4) is 11.5 Å². The van der Waals surface area contributed by atoms with Crippen LogP contribution < -0.4 is 14.8 Å². The third kappa shape index (κ3) is 3.45. The van der Waals surface area contributed by atoms with Crippen molar-refractivity contribution >= 4 is 11.9 Å². The highest BCUT2D eigenvalue weighted by molar-refractivity contribution is 5.95. The van der Waals surface area contributed by atoms with E-state index in [0.29, 0.717) is 22.8 Å². The number of hydrogen-bond acceptors (Lipinski definition) is 5. The van der Waals surface area contributed by atoms with E-state index in [-0.39, 0.29) is 31.6 Å². The lowest BCUT2D eigenvalue weighted by Crippen LogP contribution is -2.34. The molecule has 0 bridgehead atoms. The van der Waals surface area contributed by atoms with E-state index in [2.05, 4.69) is 5.32 Å². The molecule has 0 aromatic heterocycles. The van der Waals surface area contributed by atoms with Crippen molar-refractivity contribution in [2.45, 2.75) is 32.8 Å². The number of allylic oxidation sites excluding steroid dienone is 1. The molecule has 1 atom stereocenters. The number of aryl methyl sites for hydroxylation is 1. The van der Waals surface area contributed by atoms with Crippen LogP contribution in [0, 0.1) is 6.92 Å². The molecule has 28 heavy (non-hydrogen) atoms. The summed E-state index contributed by atoms with van der Waals surface area (Å²) >= 11 is 0. The SMILES string of the molecule is CC1=C(C(=O)OCc2ccc3c(c2)OCO3)[C@H](c2ccccc2C)CC(=O)N1. The van der Waals surface area contributed by atoms with Gasteiger partial charge in [-0.05, 0) is 42.7 Å². The highest BCUT2D eigenvalue weighted by Gasteiger charge is 2.33. The molecule has 6 heteroatoms. The Kier molecular flexibility index (Phi) is 4.77. The van der Waals surface area contributed by atoms with Crippen molar-refractivity contribution in [2.75, 3.05) is 6.79 Å². The maximum Gasteiger partial charge on any atom is 0.336 e. The predicted octanol–water partition coefficient (Wildman–Crippen LogP) is 3.34. The van der Waals surface area contributed by atoms with Crippen LogP contribution in [0.5, 0.6) is 11.5 Å². The number of rotatable bonds is 4. The number of esters is 1. The Morgan fingerprint density at radius 2 is 1.93 bits per heavy atom. The van der Waals surface area contributed by atoms with E-state index >= 15 is 0 Å². The highest BCUT2D eigenvalue weighted by atomic mass is 16.7. The maximum atomic E-state index is 12.9. The maximum absolute atomic E-state index is 12.9. The molecule has 2 heterocycles. The number of hydrogen-bond donors (Lipinski definition) is 1. The second-order valence-electron chi connectivity index (χ2n) is 6.96. The Bertz CT molecular complexity index is 979. The molecule has 0 saturated heterocycles. The van der Waals surface area contributed by atoms with E-state index < -0.39 is 5.97 Å². The zero-order valence-electron chi connectivity index (χ0n) is 15.8. The Morgan fingerprint density at radius 1 is 1.14 bits per heavy atom. The van der Waals surface area contributed by atoms with Crippen LogP contribution >= 0.6 is 0 Å². The first-order valence-corrected chi connectivity index (χ1v) is 9.14. The second-order valence-corrected chi connectivity index (χ2v) is 6.96. The molecule has 2 aromatic carbocycles. The largest absolute Gasteiger partial charge is 0.457 e. The molecule has 0 aliphatic carbocycles. The molecule has 2 aliphatic rings. The van der Waals surface area contributed by atoms with Crippen molar-refractivity contribution < 1.29 is 23.8 Å². The van der Waals surface area contributed by atoms with Gasteiger partial charge in [0.05, 0.1) is 5.57 Å². The van der Waals surface area contributed by atoms with Crippen LogP contribution in [0.4, 0.5) is 0 Å². The number of carbonyl (C=O) groups is 2. The molecule has 6 nitrogen and oxygen atoms in total. The molecular formula is C22H21NO5. The van der Waals surface area contributed by atoms with Gasteiger partial charge in [0.15, 0.2) is 11.5 Å². The number of nitrogens with one attached hydrogen (secondary N) is 1. The summed E-state index contributed by atoms with van der Waals surface area (Å²) in [5, 5.41) is 2.76. The first-order valence-electron chi connectivity index (χ1n) is 9.14. The third-order valence-electron chi connectivity index (χ3n) is 5.06. The van der Waals surface area contributed by atoms with Crippen LogP contribution in [0.1, 0.15) is 36.0 Å². The lowest BCUT2D eigenvalue weighted by atomic mass is 9.82. The second kappa shape index (κ2) is 7.38. The van der Waals surface area contributed by atoms with Crippen molar-refractivity contribution in [3.63, 3.8) is 0 Å². The zero-order chi connectivity index (χ0) is 19.7. The normalized spacial score (nSPS) is 18.1. The summed E-state index contributed by atoms with van der Waals surface area (Å²) in [5.74, 6) is 0.482. The summed E-state index contributed by atoms with van der Waals surface area (Å²) in [6.07, 6.45) is 0.219. The summed E-state index contributed by atoms with van der Waals surface area (Å²) < 4.78 is 16.2. The Labute approximate surface area is 163 Å². The van der Waals surface area contributed by atoms with Gasteiger partial charge in [0.2, 0.25) is 12.7 Å². The van der Waals surface area contributed by atoms with Gasteiger partial charge < -0.3 is 19.5 Å². The van der Waals surface area contributed by atoms with E-state index in [1.54, 1.807) is 19.1 Å². The molecule has 1 N–H and O–H groups in total. The Morgan fingerprint density at radius 3 is 2.75 bits per heavy atom. The van der Waals surface area contributed by atoms with Gasteiger partial charge in [0.1, 0.15) is 6.61 Å². The standard InChI is InChI=1S/C22H21NO5/c1-13-5-3-4-6-16(13)17-10-20(24)23-14(2)21(17)22(25)26-11-15-7-8-18-19(9-15)28-12-27-18/h3-9,17H,10-12H2,1-2H3,(H,23,24)/t17-/m0/s1. The number of amides is 1. The summed E-state index contributed by atoms with van der Waals surface area (Å²) in [6.45, 7) is 4.02. The predicted molar refractivity (Wildman–Crippen MR) is 102 cm³/mol. The smallest absolute Gasteiger partial charge is 0.336 e. The molecular weight excluding hydrogens is 358 g/mol. The fraction of sp³-hybridized carbons (Fsp3) is 0.273. The van der Waals surface area contributed by atoms with Gasteiger partial charge >= 0.3 is 5.97 Å². The summed E-state index contributed by atoms with van der Waals surface area (Å²) in [7, 11) is 0. The van der Waals surface area contributed by atoms with Gasteiger partial charge in [-0.1, -0.05) is 30.3 Å². The van der Waals surface area contributed by atoms with E-state index in [4.69, 9.17) is 14.2 Å². The van der Waals surface area contributed by atoms with Crippen LogP contribution in [0.15, 0.2) is 53.7 Å². The average Bonchev–Trinajstić information content (AvgIpc) is 3.13. The fourth-order valence-electron chi connectivity index (χ4n) is 3.67. The number of benzene rings is 2. The molecule has 0 radical (unpaired) electrons. The quantitative estimate of drug-likeness (QED) is 0.825. The van der Waals surface area contributed by atoms with Crippen molar-refractivity contribution in [3.05, 3.63) is 70.4 Å². The Balaban J connectivity index is 1.56. The van der Waals surface area contributed by atoms with Gasteiger partial charge in [0, 0.05) is 18.0 Å². The average molecular weight is 379 g/mol. The third-order valence-corrected chi connectivity index (χ3v) is 5.06. The van der Waals surface area contributed by atoms with E-state index in [1.165, 1.54) is 0 Å². The minimum atomic E-state index is -0.427. The number of fused-ring (bicyclic) bond motifs is 1. The Hall–Kier alpha value is -3.28. The number of carbonyl (C=O) groups excluding carboxylic acids is 2. The first-order chi connectivity index (χ1) is 13.5. The van der Waals surface area contributed by atoms with E-state index in [9.17, 15) is 9.59 Å². The number of ether oxygens (including phenoxy) is 3. The molecule has 0 spiro atoms. The lowest BCUT2D eigenvalue weighted by Gasteiger charge is -2.27. The first kappa shape index (κ1) is 18.1. The van der Waals surface area contributed by atoms with Gasteiger partial charge in [-0.3, -0.25) is 4.79 Å². The van der Waals surface area contributed by atoms with Gasteiger partial charge in [-0.15, -0.1) is 0 Å². The summed E-state index contributed by atoms with van der Waals surface area (Å²) in [5.41, 5.74) is 3.85. The van der Waals surface area contributed by atoms with Crippen molar-refractivity contribution in [1.29, 1.82) is 0 Å². The lowest BCUT2D eigenvalue weighted by molar-refractivity contribution is -0.141. The minimum Gasteiger partial charge on any atom is -0.457 e. The molecule has 4 rings (SSSR count). The summed E-state index contributed by atoms with van der Waals surface area (Å²) in [4.78, 5) is 25.0. The highest BCUT2D eigenvalue weighted by Crippen LogP contribution is 2.36. The van der Waals surface area contributed by atoms with Gasteiger partial charge in [-0.25, -0.2) is 4.79 Å². The monoisotopic (exact) mass is 379 g/mol. The van der Waals surface area contributed by atoms with Crippen molar-refractivity contribution in [2.24, 2.45) is 0 Å². The van der Waals surface area contributed by atoms with E-state index in [1.807, 2.05) is 37.3 Å². The van der Waals surface area contributed by atoms with Crippen LogP contribution in [-0.4, -0.2) is 18.7 Å². The van der Waals surface area contributed by atoms with Gasteiger partial charge in [0.25, 0.3) is 0 Å². The molecule has 144 valence electrons. The topological polar surface area (TPSA) is 73.9 Å². The molecule has 2 aromatic rings. The van der Waals surface area contributed by atoms with E-state index in [0.717, 1.165) is 16.7 Å². The molecule has 0 unspecified atom stereocenters. The van der Waals surface area contributed by atoms with Crippen LogP contribution in [0.25, 0.3) is 0 Å². The minimum absolute atomic E-state index is 0.0990. The van der Waals surface area contributed by atoms with Gasteiger partial charge in [-0.2, -0.15) is 0 Å². The molecule has 0 saturated carbocycles. The van der Waals surface area contributed by atoms with Crippen LogP contribution in [0.2, 0.25) is 0 Å².